The lowest BCUT2D eigenvalue weighted by atomic mass is 10.2. The highest BCUT2D eigenvalue weighted by Crippen LogP contribution is 2.17. The molecule has 66 valence electrons. The van der Waals surface area contributed by atoms with Crippen LogP contribution in [-0.2, 0) is 0 Å². The first kappa shape index (κ1) is 9.69. The number of halogens is 2. The second-order valence-electron chi connectivity index (χ2n) is 2.43. The van der Waals surface area contributed by atoms with Crippen LogP contribution in [0.3, 0.4) is 0 Å². The van der Waals surface area contributed by atoms with Crippen molar-refractivity contribution in [2.45, 2.75) is 13.3 Å². The molecule has 1 aromatic heterocycles. The maximum Gasteiger partial charge on any atom is 0.193 e. The Morgan fingerprint density at radius 2 is 2.33 bits per heavy atom. The van der Waals surface area contributed by atoms with Crippen molar-refractivity contribution in [1.82, 2.24) is 0 Å². The van der Waals surface area contributed by atoms with E-state index in [2.05, 4.69) is 6.92 Å². The number of rotatable bonds is 3. The molecule has 1 nitrogen and oxygen atoms in total. The third-order valence-electron chi connectivity index (χ3n) is 1.57. The molecule has 0 aliphatic heterocycles. The van der Waals surface area contributed by atoms with Crippen LogP contribution >= 0.6 is 23.2 Å². The van der Waals surface area contributed by atoms with Gasteiger partial charge in [0.15, 0.2) is 5.22 Å². The van der Waals surface area contributed by atoms with Gasteiger partial charge < -0.3 is 4.42 Å². The summed E-state index contributed by atoms with van der Waals surface area (Å²) in [5.41, 5.74) is 1.14. The summed E-state index contributed by atoms with van der Waals surface area (Å²) >= 11 is 11.3. The Labute approximate surface area is 82.0 Å². The van der Waals surface area contributed by atoms with Gasteiger partial charge in [0.05, 0.1) is 0 Å². The van der Waals surface area contributed by atoms with E-state index in [0.29, 0.717) is 11.1 Å². The first-order chi connectivity index (χ1) is 5.76. The van der Waals surface area contributed by atoms with Crippen LogP contribution in [-0.4, -0.2) is 5.88 Å². The molecule has 0 aliphatic rings. The van der Waals surface area contributed by atoms with Crippen molar-refractivity contribution in [3.8, 4) is 0 Å². The van der Waals surface area contributed by atoms with Crippen LogP contribution in [0.4, 0.5) is 0 Å². The van der Waals surface area contributed by atoms with Crippen LogP contribution in [0.1, 0.15) is 19.1 Å². The summed E-state index contributed by atoms with van der Waals surface area (Å²) in [6, 6.07) is 3.54. The quantitative estimate of drug-likeness (QED) is 0.680. The molecule has 1 rings (SSSR count). The largest absolute Gasteiger partial charge is 0.445 e. The van der Waals surface area contributed by atoms with Crippen LogP contribution in [0.15, 0.2) is 22.1 Å². The molecule has 0 bridgehead atoms. The van der Waals surface area contributed by atoms with Crippen LogP contribution in [0.2, 0.25) is 5.22 Å². The highest BCUT2D eigenvalue weighted by Gasteiger charge is 1.97. The van der Waals surface area contributed by atoms with E-state index in [4.69, 9.17) is 27.6 Å². The van der Waals surface area contributed by atoms with Gasteiger partial charge in [-0.3, -0.25) is 0 Å². The summed E-state index contributed by atoms with van der Waals surface area (Å²) in [6.45, 7) is 2.05. The Bertz CT molecular complexity index is 270. The van der Waals surface area contributed by atoms with E-state index in [0.717, 1.165) is 17.8 Å². The maximum absolute atomic E-state index is 5.68. The first-order valence-corrected chi connectivity index (χ1v) is 4.68. The van der Waals surface area contributed by atoms with Gasteiger partial charge in [0.25, 0.3) is 0 Å². The van der Waals surface area contributed by atoms with E-state index in [9.17, 15) is 0 Å². The maximum atomic E-state index is 5.68. The molecule has 0 atom stereocenters. The molecule has 12 heavy (non-hydrogen) atoms. The minimum atomic E-state index is 0.409. The zero-order chi connectivity index (χ0) is 8.97. The molecule has 3 heteroatoms. The van der Waals surface area contributed by atoms with E-state index in [1.807, 2.05) is 12.1 Å². The molecule has 0 saturated heterocycles. The van der Waals surface area contributed by atoms with Gasteiger partial charge in [-0.05, 0) is 36.2 Å². The predicted molar refractivity (Wildman–Crippen MR) is 52.7 cm³/mol. The Morgan fingerprint density at radius 3 is 2.75 bits per heavy atom. The fraction of sp³-hybridized carbons (Fsp3) is 0.333. The molecule has 0 radical (unpaired) electrons. The van der Waals surface area contributed by atoms with Crippen molar-refractivity contribution in [1.29, 1.82) is 0 Å². The van der Waals surface area contributed by atoms with Crippen molar-refractivity contribution in [2.75, 3.05) is 5.88 Å². The molecule has 0 aromatic carbocycles. The molecule has 0 aliphatic carbocycles. The first-order valence-electron chi connectivity index (χ1n) is 3.77. The highest BCUT2D eigenvalue weighted by molar-refractivity contribution is 6.28. The smallest absolute Gasteiger partial charge is 0.193 e. The minimum absolute atomic E-state index is 0.409. The molecule has 0 unspecified atom stereocenters. The SMILES string of the molecule is CCC(=Cc1ccc(Cl)o1)CCl. The highest BCUT2D eigenvalue weighted by atomic mass is 35.5. The number of hydrogen-bond acceptors (Lipinski definition) is 1. The topological polar surface area (TPSA) is 13.1 Å². The molecule has 0 N–H and O–H groups in total. The molecule has 0 fully saturated rings. The minimum Gasteiger partial charge on any atom is -0.445 e. The molecule has 0 saturated carbocycles. The second kappa shape index (κ2) is 4.58. The van der Waals surface area contributed by atoms with Crippen molar-refractivity contribution in [2.24, 2.45) is 0 Å². The zero-order valence-electron chi connectivity index (χ0n) is 6.81. The van der Waals surface area contributed by atoms with E-state index in [-0.39, 0.29) is 0 Å². The van der Waals surface area contributed by atoms with Gasteiger partial charge >= 0.3 is 0 Å². The summed E-state index contributed by atoms with van der Waals surface area (Å²) < 4.78 is 5.15. The number of alkyl halides is 1. The van der Waals surface area contributed by atoms with Crippen LogP contribution in [0, 0.1) is 0 Å². The van der Waals surface area contributed by atoms with Crippen molar-refractivity contribution >= 4 is 29.3 Å². The Balaban J connectivity index is 2.78. The van der Waals surface area contributed by atoms with Gasteiger partial charge in [-0.25, -0.2) is 0 Å². The van der Waals surface area contributed by atoms with Crippen molar-refractivity contribution < 1.29 is 4.42 Å². The Morgan fingerprint density at radius 1 is 1.58 bits per heavy atom. The lowest BCUT2D eigenvalue weighted by molar-refractivity contribution is 0.558. The fourth-order valence-electron chi connectivity index (χ4n) is 0.842. The number of allylic oxidation sites excluding steroid dienone is 1. The third-order valence-corrected chi connectivity index (χ3v) is 2.11. The molecular weight excluding hydrogens is 195 g/mol. The monoisotopic (exact) mass is 204 g/mol. The average Bonchev–Trinajstić information content (AvgIpc) is 2.47. The Hall–Kier alpha value is -0.400. The summed E-state index contributed by atoms with van der Waals surface area (Å²) in [7, 11) is 0. The van der Waals surface area contributed by atoms with E-state index >= 15 is 0 Å². The summed E-state index contributed by atoms with van der Waals surface area (Å²) in [4.78, 5) is 0. The van der Waals surface area contributed by atoms with E-state index in [1.165, 1.54) is 0 Å². The third kappa shape index (κ3) is 2.58. The van der Waals surface area contributed by atoms with E-state index < -0.39 is 0 Å². The zero-order valence-corrected chi connectivity index (χ0v) is 8.32. The van der Waals surface area contributed by atoms with Gasteiger partial charge in [0, 0.05) is 5.88 Å². The average molecular weight is 205 g/mol. The normalized spacial score (nSPS) is 12.1. The molecule has 0 amide bonds. The molecule has 1 heterocycles. The summed E-state index contributed by atoms with van der Waals surface area (Å²) in [5.74, 6) is 1.30. The van der Waals surface area contributed by atoms with Gasteiger partial charge in [-0.15, -0.1) is 11.6 Å². The van der Waals surface area contributed by atoms with Gasteiger partial charge in [-0.1, -0.05) is 12.5 Å². The fourth-order valence-corrected chi connectivity index (χ4v) is 1.26. The number of hydrogen-bond donors (Lipinski definition) is 0. The summed E-state index contributed by atoms with van der Waals surface area (Å²) in [5, 5.41) is 0.409. The van der Waals surface area contributed by atoms with Crippen molar-refractivity contribution in [3.63, 3.8) is 0 Å². The van der Waals surface area contributed by atoms with E-state index in [1.54, 1.807) is 6.07 Å². The lowest BCUT2D eigenvalue weighted by Crippen LogP contribution is -1.80. The Kier molecular flexibility index (Phi) is 3.70. The molecule has 1 aromatic rings. The van der Waals surface area contributed by atoms with Crippen LogP contribution in [0.25, 0.3) is 6.08 Å². The lowest BCUT2D eigenvalue weighted by Gasteiger charge is -1.95. The van der Waals surface area contributed by atoms with Gasteiger partial charge in [-0.2, -0.15) is 0 Å². The standard InChI is InChI=1S/C9H10Cl2O/c1-2-7(6-10)5-8-3-4-9(11)12-8/h3-5H,2,6H2,1H3. The van der Waals surface area contributed by atoms with Gasteiger partial charge in [0.2, 0.25) is 0 Å². The molecular formula is C9H10Cl2O. The predicted octanol–water partition coefficient (Wildman–Crippen LogP) is 3.97. The number of furan rings is 1. The summed E-state index contributed by atoms with van der Waals surface area (Å²) in [6.07, 6.45) is 2.85. The molecule has 0 spiro atoms. The van der Waals surface area contributed by atoms with Gasteiger partial charge in [0.1, 0.15) is 5.76 Å². The van der Waals surface area contributed by atoms with Crippen LogP contribution < -0.4 is 0 Å². The second-order valence-corrected chi connectivity index (χ2v) is 3.07. The van der Waals surface area contributed by atoms with Crippen molar-refractivity contribution in [3.05, 3.63) is 28.7 Å². The van der Waals surface area contributed by atoms with Crippen LogP contribution in [0.5, 0.6) is 0 Å².